The Morgan fingerprint density at radius 2 is 1.93 bits per heavy atom. The van der Waals surface area contributed by atoms with Crippen LogP contribution in [-0.4, -0.2) is 60.9 Å². The maximum atomic E-state index is 12.9. The van der Waals surface area contributed by atoms with Crippen LogP contribution >= 0.6 is 34.5 Å². The molecule has 0 saturated carbocycles. The van der Waals surface area contributed by atoms with Crippen LogP contribution in [0.5, 0.6) is 5.75 Å². The minimum absolute atomic E-state index is 0.0320. The number of ether oxygens (including phenoxy) is 1. The summed E-state index contributed by atoms with van der Waals surface area (Å²) in [5.41, 5.74) is 0.281. The summed E-state index contributed by atoms with van der Waals surface area (Å²) in [4.78, 5) is 30.1. The highest BCUT2D eigenvalue weighted by atomic mass is 35.5. The smallest absolute Gasteiger partial charge is 0.295 e. The van der Waals surface area contributed by atoms with Crippen molar-refractivity contribution in [3.8, 4) is 5.75 Å². The van der Waals surface area contributed by atoms with Crippen molar-refractivity contribution in [1.82, 2.24) is 9.80 Å². The molecule has 30 heavy (non-hydrogen) atoms. The normalized spacial score (nSPS) is 18.5. The number of thiophene rings is 1. The summed E-state index contributed by atoms with van der Waals surface area (Å²) in [7, 11) is 5.33. The third kappa shape index (κ3) is 4.34. The molecule has 1 aromatic heterocycles. The van der Waals surface area contributed by atoms with Crippen LogP contribution in [0.25, 0.3) is 5.76 Å². The predicted molar refractivity (Wildman–Crippen MR) is 120 cm³/mol. The third-order valence-corrected chi connectivity index (χ3v) is 6.32. The standard InChI is InChI=1S/C21H22Cl2N2O4S/c1-24(2)7-5-8-25-17(15-6-4-9-30-15)16(19(27)21(25)28)18(26)12-10-13(22)20(29-3)14(23)11-12/h4,6,9-11,17,26H,5,7-8H2,1-3H3/b18-16-. The topological polar surface area (TPSA) is 70.1 Å². The molecular formula is C21H22Cl2N2O4S. The van der Waals surface area contributed by atoms with E-state index in [0.717, 1.165) is 11.4 Å². The highest BCUT2D eigenvalue weighted by Gasteiger charge is 2.46. The van der Waals surface area contributed by atoms with Gasteiger partial charge in [-0.3, -0.25) is 9.59 Å². The number of rotatable bonds is 7. The summed E-state index contributed by atoms with van der Waals surface area (Å²) in [6.45, 7) is 1.16. The minimum Gasteiger partial charge on any atom is -0.507 e. The maximum absolute atomic E-state index is 12.9. The monoisotopic (exact) mass is 468 g/mol. The Morgan fingerprint density at radius 3 is 2.47 bits per heavy atom. The van der Waals surface area contributed by atoms with Crippen molar-refractivity contribution in [3.05, 3.63) is 55.7 Å². The molecule has 1 fully saturated rings. The van der Waals surface area contributed by atoms with Gasteiger partial charge in [0.2, 0.25) is 0 Å². The summed E-state index contributed by atoms with van der Waals surface area (Å²) < 4.78 is 5.14. The van der Waals surface area contributed by atoms with Gasteiger partial charge in [-0.1, -0.05) is 29.3 Å². The zero-order valence-electron chi connectivity index (χ0n) is 16.8. The second kappa shape index (κ2) is 9.39. The summed E-state index contributed by atoms with van der Waals surface area (Å²) in [5, 5.41) is 13.3. The van der Waals surface area contributed by atoms with Crippen molar-refractivity contribution in [2.45, 2.75) is 12.5 Å². The molecule has 0 aliphatic carbocycles. The van der Waals surface area contributed by atoms with Crippen LogP contribution in [0.3, 0.4) is 0 Å². The zero-order chi connectivity index (χ0) is 22.0. The second-order valence-electron chi connectivity index (χ2n) is 7.14. The van der Waals surface area contributed by atoms with E-state index < -0.39 is 17.7 Å². The van der Waals surface area contributed by atoms with Gasteiger partial charge in [0.05, 0.1) is 28.8 Å². The highest BCUT2D eigenvalue weighted by Crippen LogP contribution is 2.43. The molecule has 160 valence electrons. The molecule has 1 amide bonds. The van der Waals surface area contributed by atoms with Crippen LogP contribution < -0.4 is 4.74 Å². The van der Waals surface area contributed by atoms with Crippen LogP contribution in [-0.2, 0) is 9.59 Å². The molecule has 9 heteroatoms. The van der Waals surface area contributed by atoms with Gasteiger partial charge < -0.3 is 19.6 Å². The van der Waals surface area contributed by atoms with Crippen molar-refractivity contribution in [3.63, 3.8) is 0 Å². The van der Waals surface area contributed by atoms with Gasteiger partial charge in [-0.2, -0.15) is 0 Å². The Morgan fingerprint density at radius 1 is 1.27 bits per heavy atom. The van der Waals surface area contributed by atoms with Crippen LogP contribution in [0.15, 0.2) is 35.2 Å². The van der Waals surface area contributed by atoms with E-state index in [-0.39, 0.29) is 32.7 Å². The third-order valence-electron chi connectivity index (χ3n) is 4.83. The molecular weight excluding hydrogens is 447 g/mol. The van der Waals surface area contributed by atoms with E-state index in [9.17, 15) is 14.7 Å². The average Bonchev–Trinajstić information content (AvgIpc) is 3.29. The van der Waals surface area contributed by atoms with E-state index in [0.29, 0.717) is 13.0 Å². The zero-order valence-corrected chi connectivity index (χ0v) is 19.1. The first kappa shape index (κ1) is 22.6. The Labute approximate surface area is 189 Å². The number of ketones is 1. The summed E-state index contributed by atoms with van der Waals surface area (Å²) in [6.07, 6.45) is 0.697. The molecule has 1 atom stereocenters. The van der Waals surface area contributed by atoms with Gasteiger partial charge in [0.1, 0.15) is 5.76 Å². The minimum atomic E-state index is -0.723. The first-order valence-electron chi connectivity index (χ1n) is 9.26. The number of carbonyl (C=O) groups is 2. The first-order valence-corrected chi connectivity index (χ1v) is 10.9. The molecule has 2 heterocycles. The maximum Gasteiger partial charge on any atom is 0.295 e. The molecule has 1 unspecified atom stereocenters. The van der Waals surface area contributed by atoms with Crippen molar-refractivity contribution in [2.75, 3.05) is 34.3 Å². The molecule has 0 spiro atoms. The summed E-state index contributed by atoms with van der Waals surface area (Å²) in [6, 6.07) is 5.97. The van der Waals surface area contributed by atoms with Gasteiger partial charge in [0, 0.05) is 17.0 Å². The lowest BCUT2D eigenvalue weighted by Crippen LogP contribution is -2.32. The number of Topliss-reactive ketones (excluding diaryl/α,β-unsaturated/α-hetero) is 1. The number of hydrogen-bond acceptors (Lipinski definition) is 6. The Balaban J connectivity index is 2.09. The quantitative estimate of drug-likeness (QED) is 0.369. The summed E-state index contributed by atoms with van der Waals surface area (Å²) in [5.74, 6) is -1.39. The fraction of sp³-hybridized carbons (Fsp3) is 0.333. The van der Waals surface area contributed by atoms with E-state index in [2.05, 4.69) is 0 Å². The van der Waals surface area contributed by atoms with Crippen LogP contribution in [0, 0.1) is 0 Å². The van der Waals surface area contributed by atoms with E-state index in [1.807, 2.05) is 36.5 Å². The lowest BCUT2D eigenvalue weighted by molar-refractivity contribution is -0.139. The van der Waals surface area contributed by atoms with Gasteiger partial charge in [0.15, 0.2) is 5.75 Å². The SMILES string of the molecule is COc1c(Cl)cc(/C(O)=C2/C(=O)C(=O)N(CCCN(C)C)C2c2cccs2)cc1Cl. The molecule has 1 saturated heterocycles. The second-order valence-corrected chi connectivity index (χ2v) is 8.93. The van der Waals surface area contributed by atoms with Crippen molar-refractivity contribution in [1.29, 1.82) is 0 Å². The predicted octanol–water partition coefficient (Wildman–Crippen LogP) is 4.44. The van der Waals surface area contributed by atoms with E-state index >= 15 is 0 Å². The van der Waals surface area contributed by atoms with Gasteiger partial charge in [-0.05, 0) is 50.6 Å². The molecule has 1 N–H and O–H groups in total. The Hall–Kier alpha value is -2.06. The van der Waals surface area contributed by atoms with Gasteiger partial charge in [-0.15, -0.1) is 11.3 Å². The number of aliphatic hydroxyl groups excluding tert-OH is 1. The number of amides is 1. The van der Waals surface area contributed by atoms with Crippen molar-refractivity contribution >= 4 is 52.0 Å². The number of nitrogens with zero attached hydrogens (tertiary/aromatic N) is 2. The molecule has 1 aliphatic rings. The number of carbonyl (C=O) groups excluding carboxylic acids is 2. The lowest BCUT2D eigenvalue weighted by atomic mass is 9.99. The van der Waals surface area contributed by atoms with Gasteiger partial charge in [0.25, 0.3) is 11.7 Å². The highest BCUT2D eigenvalue weighted by molar-refractivity contribution is 7.10. The molecule has 0 bridgehead atoms. The molecule has 1 aromatic carbocycles. The van der Waals surface area contributed by atoms with Crippen LogP contribution in [0.4, 0.5) is 0 Å². The number of benzene rings is 1. The Bertz CT molecular complexity index is 966. The number of likely N-dealkylation sites (tertiary alicyclic amines) is 1. The molecule has 2 aromatic rings. The van der Waals surface area contributed by atoms with Crippen LogP contribution in [0.1, 0.15) is 22.9 Å². The number of halogens is 2. The van der Waals surface area contributed by atoms with Gasteiger partial charge >= 0.3 is 0 Å². The van der Waals surface area contributed by atoms with Crippen molar-refractivity contribution < 1.29 is 19.4 Å². The lowest BCUT2D eigenvalue weighted by Gasteiger charge is -2.24. The van der Waals surface area contributed by atoms with Gasteiger partial charge in [-0.25, -0.2) is 0 Å². The van der Waals surface area contributed by atoms with E-state index in [4.69, 9.17) is 27.9 Å². The first-order chi connectivity index (χ1) is 14.3. The summed E-state index contributed by atoms with van der Waals surface area (Å²) >= 11 is 13.8. The number of methoxy groups -OCH3 is 1. The van der Waals surface area contributed by atoms with E-state index in [1.54, 1.807) is 0 Å². The van der Waals surface area contributed by atoms with Crippen LogP contribution in [0.2, 0.25) is 10.0 Å². The number of hydrogen-bond donors (Lipinski definition) is 1. The fourth-order valence-corrected chi connectivity index (χ4v) is 4.94. The fourth-order valence-electron chi connectivity index (χ4n) is 3.46. The molecule has 0 radical (unpaired) electrons. The van der Waals surface area contributed by atoms with Crippen molar-refractivity contribution in [2.24, 2.45) is 0 Å². The molecule has 1 aliphatic heterocycles. The average molecular weight is 469 g/mol. The number of aliphatic hydroxyl groups is 1. The molecule has 3 rings (SSSR count). The largest absolute Gasteiger partial charge is 0.507 e. The Kier molecular flexibility index (Phi) is 7.08. The van der Waals surface area contributed by atoms with E-state index in [1.165, 1.54) is 35.5 Å². The molecule has 6 nitrogen and oxygen atoms in total.